The molecule has 25 heavy (non-hydrogen) atoms. The van der Waals surface area contributed by atoms with E-state index in [-0.39, 0.29) is 6.42 Å². The largest absolute Gasteiger partial charge is 0.496 e. The van der Waals surface area contributed by atoms with Crippen molar-refractivity contribution < 1.29 is 19.4 Å². The van der Waals surface area contributed by atoms with E-state index in [1.165, 1.54) is 7.11 Å². The molecular formula is C20H17ClO4. The summed E-state index contributed by atoms with van der Waals surface area (Å²) >= 11 is 6.02. The summed E-state index contributed by atoms with van der Waals surface area (Å²) in [6.45, 7) is 0. The summed E-state index contributed by atoms with van der Waals surface area (Å²) in [6, 6.07) is 18.4. The van der Waals surface area contributed by atoms with E-state index in [1.54, 1.807) is 24.3 Å². The molecule has 0 fully saturated rings. The molecule has 128 valence electrons. The van der Waals surface area contributed by atoms with E-state index in [0.717, 1.165) is 10.8 Å². The van der Waals surface area contributed by atoms with Crippen LogP contribution in [0.1, 0.15) is 5.56 Å². The molecule has 0 bridgehead atoms. The topological polar surface area (TPSA) is 55.8 Å². The number of ether oxygens (including phenoxy) is 2. The molecule has 3 aromatic rings. The fourth-order valence-electron chi connectivity index (χ4n) is 2.69. The molecule has 0 aliphatic heterocycles. The number of benzene rings is 3. The zero-order valence-corrected chi connectivity index (χ0v) is 14.4. The normalized spacial score (nSPS) is 11.9. The molecule has 4 nitrogen and oxygen atoms in total. The van der Waals surface area contributed by atoms with Crippen LogP contribution in [-0.2, 0) is 11.2 Å². The number of fused-ring (bicyclic) bond motifs is 1. The number of hydrogen-bond donors (Lipinski definition) is 1. The molecule has 0 aliphatic rings. The zero-order valence-electron chi connectivity index (χ0n) is 13.6. The highest BCUT2D eigenvalue weighted by atomic mass is 35.5. The molecule has 3 rings (SSSR count). The maximum atomic E-state index is 11.7. The van der Waals surface area contributed by atoms with Gasteiger partial charge >= 0.3 is 5.97 Å². The molecule has 1 unspecified atom stereocenters. The van der Waals surface area contributed by atoms with Gasteiger partial charge in [0.1, 0.15) is 11.5 Å². The number of aliphatic carboxylic acids is 1. The van der Waals surface area contributed by atoms with Gasteiger partial charge in [-0.15, -0.1) is 0 Å². The smallest absolute Gasteiger partial charge is 0.345 e. The summed E-state index contributed by atoms with van der Waals surface area (Å²) in [5.41, 5.74) is 0.684. The third kappa shape index (κ3) is 4.03. The van der Waals surface area contributed by atoms with Gasteiger partial charge in [0, 0.05) is 11.4 Å². The monoisotopic (exact) mass is 356 g/mol. The van der Waals surface area contributed by atoms with E-state index in [9.17, 15) is 9.90 Å². The standard InChI is InChI=1S/C20H17ClO4/c1-24-18-9-7-16(21)10-15(18)12-19(20(22)23)25-17-8-6-13-4-2-3-5-14(13)11-17/h2-11,19H,12H2,1H3,(H,22,23). The SMILES string of the molecule is COc1ccc(Cl)cc1CC(Oc1ccc2ccccc2c1)C(=O)O. The summed E-state index contributed by atoms with van der Waals surface area (Å²) in [4.78, 5) is 11.7. The van der Waals surface area contributed by atoms with Crippen molar-refractivity contribution in [3.05, 3.63) is 71.2 Å². The van der Waals surface area contributed by atoms with Crippen molar-refractivity contribution in [2.24, 2.45) is 0 Å². The van der Waals surface area contributed by atoms with Crippen LogP contribution in [0.25, 0.3) is 10.8 Å². The fraction of sp³-hybridized carbons (Fsp3) is 0.150. The second-order valence-electron chi connectivity index (χ2n) is 5.61. The van der Waals surface area contributed by atoms with E-state index in [0.29, 0.717) is 22.1 Å². The second kappa shape index (κ2) is 7.45. The molecule has 0 heterocycles. The minimum Gasteiger partial charge on any atom is -0.496 e. The van der Waals surface area contributed by atoms with E-state index >= 15 is 0 Å². The molecule has 0 spiro atoms. The Bertz CT molecular complexity index is 907. The molecule has 1 N–H and O–H groups in total. The van der Waals surface area contributed by atoms with Crippen LogP contribution in [0.4, 0.5) is 0 Å². The van der Waals surface area contributed by atoms with E-state index in [2.05, 4.69) is 0 Å². The van der Waals surface area contributed by atoms with Crippen LogP contribution in [0.15, 0.2) is 60.7 Å². The van der Waals surface area contributed by atoms with Gasteiger partial charge < -0.3 is 14.6 Å². The molecule has 0 aliphatic carbocycles. The Hall–Kier alpha value is -2.72. The number of methoxy groups -OCH3 is 1. The summed E-state index contributed by atoms with van der Waals surface area (Å²) in [6.07, 6.45) is -0.903. The maximum absolute atomic E-state index is 11.7. The van der Waals surface area contributed by atoms with Crippen LogP contribution in [0.3, 0.4) is 0 Å². The zero-order chi connectivity index (χ0) is 17.8. The molecule has 0 aromatic heterocycles. The van der Waals surface area contributed by atoms with Crippen molar-refractivity contribution >= 4 is 28.3 Å². The quantitative estimate of drug-likeness (QED) is 0.702. The minimum absolute atomic E-state index is 0.145. The lowest BCUT2D eigenvalue weighted by molar-refractivity contribution is -0.145. The fourth-order valence-corrected chi connectivity index (χ4v) is 2.89. The van der Waals surface area contributed by atoms with E-state index in [4.69, 9.17) is 21.1 Å². The lowest BCUT2D eigenvalue weighted by atomic mass is 10.1. The molecule has 0 saturated carbocycles. The van der Waals surface area contributed by atoms with Crippen molar-refractivity contribution in [1.82, 2.24) is 0 Å². The van der Waals surface area contributed by atoms with Crippen molar-refractivity contribution in [2.45, 2.75) is 12.5 Å². The third-order valence-corrected chi connectivity index (χ3v) is 4.16. The highest BCUT2D eigenvalue weighted by Crippen LogP contribution is 2.26. The van der Waals surface area contributed by atoms with Gasteiger partial charge in [-0.3, -0.25) is 0 Å². The first-order valence-electron chi connectivity index (χ1n) is 7.77. The predicted molar refractivity (Wildman–Crippen MR) is 97.7 cm³/mol. The van der Waals surface area contributed by atoms with Gasteiger partial charge in [0.15, 0.2) is 6.10 Å². The molecule has 5 heteroatoms. The van der Waals surface area contributed by atoms with Crippen molar-refractivity contribution in [1.29, 1.82) is 0 Å². The average molecular weight is 357 g/mol. The Labute approximate surface area is 150 Å². The van der Waals surface area contributed by atoms with Crippen LogP contribution >= 0.6 is 11.6 Å². The Balaban J connectivity index is 1.86. The average Bonchev–Trinajstić information content (AvgIpc) is 2.61. The first kappa shape index (κ1) is 17.1. The number of carboxylic acid groups (broad SMARTS) is 1. The van der Waals surface area contributed by atoms with Crippen molar-refractivity contribution in [3.8, 4) is 11.5 Å². The molecule has 1 atom stereocenters. The maximum Gasteiger partial charge on any atom is 0.345 e. The van der Waals surface area contributed by atoms with Crippen LogP contribution in [0.5, 0.6) is 11.5 Å². The minimum atomic E-state index is -1.05. The summed E-state index contributed by atoms with van der Waals surface area (Å²) < 4.78 is 11.0. The highest BCUT2D eigenvalue weighted by molar-refractivity contribution is 6.30. The predicted octanol–water partition coefficient (Wildman–Crippen LogP) is 4.58. The first-order chi connectivity index (χ1) is 12.1. The first-order valence-corrected chi connectivity index (χ1v) is 8.15. The van der Waals surface area contributed by atoms with Crippen LogP contribution in [0, 0.1) is 0 Å². The Morgan fingerprint density at radius 1 is 1.08 bits per heavy atom. The lowest BCUT2D eigenvalue weighted by Gasteiger charge is -2.17. The van der Waals surface area contributed by atoms with Crippen LogP contribution in [-0.4, -0.2) is 24.3 Å². The molecular weight excluding hydrogens is 340 g/mol. The Morgan fingerprint density at radius 2 is 1.84 bits per heavy atom. The van der Waals surface area contributed by atoms with Crippen LogP contribution < -0.4 is 9.47 Å². The Morgan fingerprint density at radius 3 is 2.56 bits per heavy atom. The van der Waals surface area contributed by atoms with E-state index < -0.39 is 12.1 Å². The molecule has 0 amide bonds. The molecule has 3 aromatic carbocycles. The van der Waals surface area contributed by atoms with E-state index in [1.807, 2.05) is 36.4 Å². The molecule has 0 radical (unpaired) electrons. The van der Waals surface area contributed by atoms with Gasteiger partial charge in [-0.1, -0.05) is 41.9 Å². The van der Waals surface area contributed by atoms with Gasteiger partial charge in [-0.2, -0.15) is 0 Å². The number of carbonyl (C=O) groups is 1. The van der Waals surface area contributed by atoms with Gasteiger partial charge in [-0.05, 0) is 46.7 Å². The molecule has 0 saturated heterocycles. The van der Waals surface area contributed by atoms with Gasteiger partial charge in [0.05, 0.1) is 7.11 Å². The van der Waals surface area contributed by atoms with Crippen molar-refractivity contribution in [3.63, 3.8) is 0 Å². The number of hydrogen-bond acceptors (Lipinski definition) is 3. The summed E-state index contributed by atoms with van der Waals surface area (Å²) in [5.74, 6) is 0.0417. The van der Waals surface area contributed by atoms with Gasteiger partial charge in [0.25, 0.3) is 0 Å². The van der Waals surface area contributed by atoms with Crippen LogP contribution in [0.2, 0.25) is 5.02 Å². The summed E-state index contributed by atoms with van der Waals surface area (Å²) in [5, 5.41) is 12.1. The number of carboxylic acids is 1. The number of rotatable bonds is 6. The van der Waals surface area contributed by atoms with Gasteiger partial charge in [0.2, 0.25) is 0 Å². The highest BCUT2D eigenvalue weighted by Gasteiger charge is 2.22. The lowest BCUT2D eigenvalue weighted by Crippen LogP contribution is -2.29. The third-order valence-electron chi connectivity index (χ3n) is 3.92. The van der Waals surface area contributed by atoms with Crippen molar-refractivity contribution in [2.75, 3.05) is 7.11 Å². The Kier molecular flexibility index (Phi) is 5.10. The summed E-state index contributed by atoms with van der Waals surface area (Å²) in [7, 11) is 1.53. The second-order valence-corrected chi connectivity index (χ2v) is 6.05. The van der Waals surface area contributed by atoms with Gasteiger partial charge in [-0.25, -0.2) is 4.79 Å². The number of halogens is 1.